The van der Waals surface area contributed by atoms with Crippen LogP contribution < -0.4 is 10.0 Å². The number of halogens is 1. The Labute approximate surface area is 192 Å². The van der Waals surface area contributed by atoms with E-state index in [-0.39, 0.29) is 31.8 Å². The van der Waals surface area contributed by atoms with Crippen molar-refractivity contribution < 1.29 is 21.6 Å². The van der Waals surface area contributed by atoms with Crippen LogP contribution in [-0.2, 0) is 19.9 Å². The number of rotatable bonds is 6. The first-order valence-electron chi connectivity index (χ1n) is 9.38. The molecule has 0 spiro atoms. The van der Waals surface area contributed by atoms with Crippen LogP contribution in [0.1, 0.15) is 21.5 Å². The van der Waals surface area contributed by atoms with Crippen molar-refractivity contribution in [3.63, 3.8) is 0 Å². The zero-order chi connectivity index (χ0) is 23.7. The van der Waals surface area contributed by atoms with Crippen LogP contribution in [0, 0.1) is 13.8 Å². The average Bonchev–Trinajstić information content (AvgIpc) is 2.70. The third-order valence-corrected chi connectivity index (χ3v) is 7.68. The average molecular weight is 493 g/mol. The van der Waals surface area contributed by atoms with Gasteiger partial charge in [0.1, 0.15) is 0 Å². The largest absolute Gasteiger partial charge is 0.322 e. The molecule has 0 bridgehead atoms. The van der Waals surface area contributed by atoms with Crippen molar-refractivity contribution >= 4 is 48.7 Å². The third kappa shape index (κ3) is 5.29. The number of amides is 1. The first-order chi connectivity index (χ1) is 14.9. The minimum Gasteiger partial charge on any atom is -0.322 e. The first-order valence-corrected chi connectivity index (χ1v) is 13.1. The highest BCUT2D eigenvalue weighted by Gasteiger charge is 2.20. The predicted molar refractivity (Wildman–Crippen MR) is 126 cm³/mol. The van der Waals surface area contributed by atoms with Crippen LogP contribution in [0.4, 0.5) is 11.4 Å². The van der Waals surface area contributed by atoms with Crippen LogP contribution in [0.2, 0.25) is 5.02 Å². The Morgan fingerprint density at radius 1 is 0.875 bits per heavy atom. The minimum atomic E-state index is -3.99. The molecule has 2 N–H and O–H groups in total. The molecule has 10 heteroatoms. The van der Waals surface area contributed by atoms with Crippen LogP contribution in [0.15, 0.2) is 70.5 Å². The fourth-order valence-electron chi connectivity index (χ4n) is 2.99. The molecule has 1 amide bonds. The van der Waals surface area contributed by atoms with Crippen molar-refractivity contribution in [1.82, 2.24) is 0 Å². The molecule has 3 aromatic rings. The maximum atomic E-state index is 12.9. The molecule has 7 nitrogen and oxygen atoms in total. The molecular weight excluding hydrogens is 472 g/mol. The van der Waals surface area contributed by atoms with Crippen molar-refractivity contribution in [2.45, 2.75) is 23.6 Å². The molecule has 3 aromatic carbocycles. The third-order valence-electron chi connectivity index (χ3n) is 4.74. The van der Waals surface area contributed by atoms with E-state index in [1.54, 1.807) is 56.3 Å². The van der Waals surface area contributed by atoms with Gasteiger partial charge in [0.25, 0.3) is 15.9 Å². The molecule has 0 saturated heterocycles. The Bertz CT molecular complexity index is 1420. The maximum Gasteiger partial charge on any atom is 0.262 e. The number of carbonyl (C=O) groups excluding carboxylic acids is 1. The standard InChI is InChI=1S/C22H21ClN2O5S2/c1-14-9-11-17(31(3,27)28)13-18(14)22(26)24-16-10-8-15(2)21(12-16)32(29,30)25-20-7-5-4-6-19(20)23/h4-13,25H,1-3H3,(H,24,26). The number of aryl methyl sites for hydroxylation is 2. The summed E-state index contributed by atoms with van der Waals surface area (Å²) < 4.78 is 52.0. The van der Waals surface area contributed by atoms with Crippen LogP contribution >= 0.6 is 11.6 Å². The zero-order valence-electron chi connectivity index (χ0n) is 17.5. The number of sulfone groups is 1. The van der Waals surface area contributed by atoms with Crippen molar-refractivity contribution in [3.05, 3.63) is 82.4 Å². The number of nitrogens with one attached hydrogen (secondary N) is 2. The summed E-state index contributed by atoms with van der Waals surface area (Å²) in [6.07, 6.45) is 1.06. The summed E-state index contributed by atoms with van der Waals surface area (Å²) in [4.78, 5) is 12.8. The van der Waals surface area contributed by atoms with Gasteiger partial charge >= 0.3 is 0 Å². The molecule has 0 aliphatic rings. The second kappa shape index (κ2) is 8.93. The molecular formula is C22H21ClN2O5S2. The van der Waals surface area contributed by atoms with Crippen LogP contribution in [0.25, 0.3) is 0 Å². The number of hydrogen-bond acceptors (Lipinski definition) is 5. The Hall–Kier alpha value is -2.88. The highest BCUT2D eigenvalue weighted by molar-refractivity contribution is 7.92. The van der Waals surface area contributed by atoms with Crippen LogP contribution in [-0.4, -0.2) is 29.0 Å². The Kier molecular flexibility index (Phi) is 6.64. The Morgan fingerprint density at radius 2 is 1.53 bits per heavy atom. The van der Waals surface area contributed by atoms with Gasteiger partial charge < -0.3 is 5.32 Å². The van der Waals surface area contributed by atoms with Gasteiger partial charge in [-0.2, -0.15) is 0 Å². The molecule has 0 saturated carbocycles. The van der Waals surface area contributed by atoms with E-state index in [1.165, 1.54) is 18.2 Å². The molecule has 0 aliphatic heterocycles. The van der Waals surface area contributed by atoms with E-state index in [4.69, 9.17) is 11.6 Å². The molecule has 168 valence electrons. The Morgan fingerprint density at radius 3 is 2.19 bits per heavy atom. The van der Waals surface area contributed by atoms with Crippen molar-refractivity contribution in [1.29, 1.82) is 0 Å². The number of anilines is 2. The lowest BCUT2D eigenvalue weighted by atomic mass is 10.1. The summed E-state index contributed by atoms with van der Waals surface area (Å²) >= 11 is 6.06. The predicted octanol–water partition coefficient (Wildman–Crippen LogP) is 4.41. The van der Waals surface area contributed by atoms with E-state index < -0.39 is 25.8 Å². The summed E-state index contributed by atoms with van der Waals surface area (Å²) in [6.45, 7) is 3.31. The monoisotopic (exact) mass is 492 g/mol. The normalized spacial score (nSPS) is 11.8. The zero-order valence-corrected chi connectivity index (χ0v) is 19.9. The van der Waals surface area contributed by atoms with Gasteiger partial charge in [0.05, 0.1) is 20.5 Å². The summed E-state index contributed by atoms with van der Waals surface area (Å²) in [5.41, 5.74) is 1.70. The molecule has 0 unspecified atom stereocenters. The van der Waals surface area contributed by atoms with Gasteiger partial charge in [-0.15, -0.1) is 0 Å². The first kappa shape index (κ1) is 23.8. The van der Waals surface area contributed by atoms with Crippen molar-refractivity contribution in [2.75, 3.05) is 16.3 Å². The second-order valence-electron chi connectivity index (χ2n) is 7.27. The van der Waals surface area contributed by atoms with Gasteiger partial charge in [-0.1, -0.05) is 35.9 Å². The van der Waals surface area contributed by atoms with Gasteiger partial charge in [-0.05, 0) is 61.4 Å². The van der Waals surface area contributed by atoms with E-state index in [9.17, 15) is 21.6 Å². The van der Waals surface area contributed by atoms with Gasteiger partial charge in [0.15, 0.2) is 9.84 Å². The van der Waals surface area contributed by atoms with E-state index >= 15 is 0 Å². The van der Waals surface area contributed by atoms with Gasteiger partial charge in [0.2, 0.25) is 0 Å². The number of benzene rings is 3. The van der Waals surface area contributed by atoms with E-state index in [0.717, 1.165) is 6.26 Å². The molecule has 0 atom stereocenters. The lowest BCUT2D eigenvalue weighted by molar-refractivity contribution is 0.102. The van der Waals surface area contributed by atoms with E-state index in [2.05, 4.69) is 10.0 Å². The summed E-state index contributed by atoms with van der Waals surface area (Å²) in [6, 6.07) is 15.2. The van der Waals surface area contributed by atoms with E-state index in [1.807, 2.05) is 0 Å². The fourth-order valence-corrected chi connectivity index (χ4v) is 5.22. The molecule has 3 rings (SSSR count). The highest BCUT2D eigenvalue weighted by Crippen LogP contribution is 2.27. The quantitative estimate of drug-likeness (QED) is 0.529. The summed E-state index contributed by atoms with van der Waals surface area (Å²) in [5, 5.41) is 2.89. The molecule has 0 fully saturated rings. The smallest absolute Gasteiger partial charge is 0.262 e. The number of hydrogen-bond donors (Lipinski definition) is 2. The SMILES string of the molecule is Cc1ccc(S(C)(=O)=O)cc1C(=O)Nc1ccc(C)c(S(=O)(=O)Nc2ccccc2Cl)c1. The van der Waals surface area contributed by atoms with Gasteiger partial charge in [-0.3, -0.25) is 9.52 Å². The maximum absolute atomic E-state index is 12.9. The molecule has 0 radical (unpaired) electrons. The lowest BCUT2D eigenvalue weighted by Gasteiger charge is -2.14. The number of carbonyl (C=O) groups is 1. The van der Waals surface area contributed by atoms with Crippen molar-refractivity contribution in [2.24, 2.45) is 0 Å². The lowest BCUT2D eigenvalue weighted by Crippen LogP contribution is -2.17. The minimum absolute atomic E-state index is 0.0179. The molecule has 0 aromatic heterocycles. The van der Waals surface area contributed by atoms with Crippen LogP contribution in [0.3, 0.4) is 0 Å². The van der Waals surface area contributed by atoms with Crippen LogP contribution in [0.5, 0.6) is 0 Å². The van der Waals surface area contributed by atoms with Gasteiger partial charge in [0, 0.05) is 17.5 Å². The van der Waals surface area contributed by atoms with Gasteiger partial charge in [-0.25, -0.2) is 16.8 Å². The topological polar surface area (TPSA) is 109 Å². The molecule has 0 heterocycles. The molecule has 32 heavy (non-hydrogen) atoms. The molecule has 0 aliphatic carbocycles. The Balaban J connectivity index is 1.93. The summed E-state index contributed by atoms with van der Waals surface area (Å²) in [7, 11) is -7.48. The fraction of sp³-hybridized carbons (Fsp3) is 0.136. The number of sulfonamides is 1. The summed E-state index contributed by atoms with van der Waals surface area (Å²) in [5.74, 6) is -0.556. The second-order valence-corrected chi connectivity index (χ2v) is 11.3. The number of para-hydroxylation sites is 1. The van der Waals surface area contributed by atoms with Crippen molar-refractivity contribution in [3.8, 4) is 0 Å². The highest BCUT2D eigenvalue weighted by atomic mass is 35.5. The van der Waals surface area contributed by atoms with E-state index in [0.29, 0.717) is 11.1 Å².